The Kier molecular flexibility index (Phi) is 4.80. The summed E-state index contributed by atoms with van der Waals surface area (Å²) in [5.74, 6) is 2.20. The number of rotatable bonds is 3. The average molecular weight is 395 g/mol. The van der Waals surface area contributed by atoms with Gasteiger partial charge in [-0.1, -0.05) is 13.8 Å². The first kappa shape index (κ1) is 17.2. The smallest absolute Gasteiger partial charge is 0.308 e. The van der Waals surface area contributed by atoms with Gasteiger partial charge in [-0.2, -0.15) is 0 Å². The zero-order valence-electron chi connectivity index (χ0n) is 14.2. The number of methoxy groups -OCH3 is 1. The van der Waals surface area contributed by atoms with Crippen molar-refractivity contribution in [1.29, 1.82) is 0 Å². The fraction of sp³-hybridized carbons (Fsp3) is 0.588. The number of carbonyl (C=O) groups is 1. The van der Waals surface area contributed by atoms with E-state index in [0.29, 0.717) is 22.3 Å². The van der Waals surface area contributed by atoms with Gasteiger partial charge < -0.3 is 10.5 Å². The topological polar surface area (TPSA) is 82.5 Å². The van der Waals surface area contributed by atoms with Gasteiger partial charge in [0.05, 0.1) is 13.0 Å². The second-order valence-electron chi connectivity index (χ2n) is 6.84. The van der Waals surface area contributed by atoms with Crippen molar-refractivity contribution in [2.75, 3.05) is 12.8 Å². The van der Waals surface area contributed by atoms with E-state index in [2.05, 4.69) is 39.7 Å². The number of imidazole rings is 1. The number of carbonyl (C=O) groups excluding carboxylic acids is 1. The van der Waals surface area contributed by atoms with Gasteiger partial charge in [0.1, 0.15) is 15.9 Å². The van der Waals surface area contributed by atoms with Gasteiger partial charge in [-0.05, 0) is 47.0 Å². The number of esters is 1. The third-order valence-electron chi connectivity index (χ3n) is 5.20. The van der Waals surface area contributed by atoms with Gasteiger partial charge in [-0.3, -0.25) is 9.20 Å². The minimum absolute atomic E-state index is 0.0842. The molecule has 6 nitrogen and oxygen atoms in total. The summed E-state index contributed by atoms with van der Waals surface area (Å²) >= 11 is 3.48. The highest BCUT2D eigenvalue weighted by Crippen LogP contribution is 2.43. The fourth-order valence-electron chi connectivity index (χ4n) is 3.98. The van der Waals surface area contributed by atoms with Gasteiger partial charge in [0.15, 0.2) is 5.82 Å². The molecule has 0 saturated heterocycles. The highest BCUT2D eigenvalue weighted by molar-refractivity contribution is 9.10. The van der Waals surface area contributed by atoms with Crippen molar-refractivity contribution in [1.82, 2.24) is 14.4 Å². The van der Waals surface area contributed by atoms with E-state index < -0.39 is 0 Å². The summed E-state index contributed by atoms with van der Waals surface area (Å²) in [6.07, 6.45) is 6.31. The lowest BCUT2D eigenvalue weighted by atomic mass is 9.69. The third kappa shape index (κ3) is 2.90. The van der Waals surface area contributed by atoms with E-state index in [1.807, 2.05) is 10.6 Å². The van der Waals surface area contributed by atoms with Gasteiger partial charge >= 0.3 is 5.97 Å². The number of nitrogens with zero attached hydrogens (tertiary/aromatic N) is 3. The van der Waals surface area contributed by atoms with Crippen LogP contribution < -0.4 is 5.73 Å². The molecule has 1 aliphatic rings. The van der Waals surface area contributed by atoms with E-state index in [0.717, 1.165) is 30.6 Å². The van der Waals surface area contributed by atoms with Crippen molar-refractivity contribution in [2.45, 2.75) is 39.0 Å². The standard InChI is InChI=1S/C17H23BrN4O2/c1-9(2)11-5-4-10(8-12(11)17(23)24-3)16-21-14(18)13-15(19)20-6-7-22(13)16/h6-7,9-12H,4-5,8H2,1-3H3,(H2,19,20). The highest BCUT2D eigenvalue weighted by Gasteiger charge is 2.39. The van der Waals surface area contributed by atoms with E-state index in [-0.39, 0.29) is 17.8 Å². The summed E-state index contributed by atoms with van der Waals surface area (Å²) in [5.41, 5.74) is 6.77. The van der Waals surface area contributed by atoms with Crippen molar-refractivity contribution < 1.29 is 9.53 Å². The summed E-state index contributed by atoms with van der Waals surface area (Å²) in [7, 11) is 1.47. The van der Waals surface area contributed by atoms with Crippen LogP contribution in [0.2, 0.25) is 0 Å². The Balaban J connectivity index is 1.96. The molecule has 0 amide bonds. The first-order valence-electron chi connectivity index (χ1n) is 8.29. The van der Waals surface area contributed by atoms with Gasteiger partial charge in [-0.15, -0.1) is 0 Å². The highest BCUT2D eigenvalue weighted by atomic mass is 79.9. The first-order valence-corrected chi connectivity index (χ1v) is 9.09. The SMILES string of the molecule is COC(=O)C1CC(c2nc(Br)c3c(N)nccn23)CCC1C(C)C. The van der Waals surface area contributed by atoms with E-state index in [1.165, 1.54) is 7.11 Å². The van der Waals surface area contributed by atoms with Gasteiger partial charge in [-0.25, -0.2) is 9.97 Å². The Labute approximate surface area is 149 Å². The molecule has 2 N–H and O–H groups in total. The molecule has 1 aliphatic carbocycles. The number of ether oxygens (including phenoxy) is 1. The Hall–Kier alpha value is -1.63. The molecule has 0 bridgehead atoms. The summed E-state index contributed by atoms with van der Waals surface area (Å²) in [6, 6.07) is 0. The maximum Gasteiger partial charge on any atom is 0.308 e. The molecule has 0 spiro atoms. The Bertz CT molecular complexity index is 758. The van der Waals surface area contributed by atoms with Crippen LogP contribution in [0.4, 0.5) is 5.82 Å². The second kappa shape index (κ2) is 6.70. The lowest BCUT2D eigenvalue weighted by Gasteiger charge is -2.36. The molecular formula is C17H23BrN4O2. The molecule has 24 heavy (non-hydrogen) atoms. The van der Waals surface area contributed by atoms with Crippen molar-refractivity contribution in [3.05, 3.63) is 22.8 Å². The lowest BCUT2D eigenvalue weighted by Crippen LogP contribution is -2.34. The van der Waals surface area contributed by atoms with Crippen LogP contribution in [-0.4, -0.2) is 27.4 Å². The Morgan fingerprint density at radius 1 is 1.46 bits per heavy atom. The van der Waals surface area contributed by atoms with Gasteiger partial charge in [0.25, 0.3) is 0 Å². The number of anilines is 1. The Morgan fingerprint density at radius 3 is 2.88 bits per heavy atom. The molecular weight excluding hydrogens is 372 g/mol. The van der Waals surface area contributed by atoms with Crippen LogP contribution in [-0.2, 0) is 9.53 Å². The number of aromatic nitrogens is 3. The van der Waals surface area contributed by atoms with Gasteiger partial charge in [0.2, 0.25) is 0 Å². The first-order chi connectivity index (χ1) is 11.4. The Morgan fingerprint density at radius 2 is 2.21 bits per heavy atom. The summed E-state index contributed by atoms with van der Waals surface area (Å²) < 4.78 is 7.75. The minimum Gasteiger partial charge on any atom is -0.469 e. The summed E-state index contributed by atoms with van der Waals surface area (Å²) in [4.78, 5) is 21.1. The maximum atomic E-state index is 12.3. The van der Waals surface area contributed by atoms with Crippen molar-refractivity contribution in [2.24, 2.45) is 17.8 Å². The van der Waals surface area contributed by atoms with E-state index in [1.54, 1.807) is 6.20 Å². The number of fused-ring (bicyclic) bond motifs is 1. The van der Waals surface area contributed by atoms with Crippen LogP contribution in [0.25, 0.3) is 5.52 Å². The predicted molar refractivity (Wildman–Crippen MR) is 95.5 cm³/mol. The number of nitrogens with two attached hydrogens (primary N) is 1. The molecule has 0 radical (unpaired) electrons. The van der Waals surface area contributed by atoms with E-state index in [4.69, 9.17) is 10.5 Å². The van der Waals surface area contributed by atoms with Crippen molar-refractivity contribution in [3.8, 4) is 0 Å². The van der Waals surface area contributed by atoms with Crippen molar-refractivity contribution >= 4 is 33.2 Å². The average Bonchev–Trinajstić information content (AvgIpc) is 2.91. The minimum atomic E-state index is -0.112. The second-order valence-corrected chi connectivity index (χ2v) is 7.59. The van der Waals surface area contributed by atoms with Crippen LogP contribution in [0.5, 0.6) is 0 Å². The fourth-order valence-corrected chi connectivity index (χ4v) is 4.56. The van der Waals surface area contributed by atoms with Crippen molar-refractivity contribution in [3.63, 3.8) is 0 Å². The zero-order chi connectivity index (χ0) is 17.4. The molecule has 3 atom stereocenters. The van der Waals surface area contributed by atoms with Crippen LogP contribution in [0, 0.1) is 17.8 Å². The zero-order valence-corrected chi connectivity index (χ0v) is 15.8. The number of nitrogen functional groups attached to an aromatic ring is 1. The molecule has 3 rings (SSSR count). The summed E-state index contributed by atoms with van der Waals surface area (Å²) in [5, 5.41) is 0. The molecule has 130 valence electrons. The van der Waals surface area contributed by atoms with E-state index in [9.17, 15) is 4.79 Å². The van der Waals surface area contributed by atoms with Crippen LogP contribution >= 0.6 is 15.9 Å². The molecule has 2 heterocycles. The molecule has 1 saturated carbocycles. The van der Waals surface area contributed by atoms with Crippen LogP contribution in [0.15, 0.2) is 17.0 Å². The third-order valence-corrected chi connectivity index (χ3v) is 5.75. The van der Waals surface area contributed by atoms with E-state index >= 15 is 0 Å². The summed E-state index contributed by atoms with van der Waals surface area (Å²) in [6.45, 7) is 4.35. The van der Waals surface area contributed by atoms with Crippen LogP contribution in [0.3, 0.4) is 0 Å². The molecule has 0 aromatic carbocycles. The molecule has 7 heteroatoms. The monoisotopic (exact) mass is 394 g/mol. The lowest BCUT2D eigenvalue weighted by molar-refractivity contribution is -0.149. The number of halogens is 1. The van der Waals surface area contributed by atoms with Crippen LogP contribution in [0.1, 0.15) is 44.9 Å². The molecule has 1 fully saturated rings. The maximum absolute atomic E-state index is 12.3. The molecule has 3 unspecified atom stereocenters. The van der Waals surface area contributed by atoms with Gasteiger partial charge in [0, 0.05) is 18.3 Å². The normalized spacial score (nSPS) is 24.5. The predicted octanol–water partition coefficient (Wildman–Crippen LogP) is 3.40. The molecule has 2 aromatic heterocycles. The number of hydrogen-bond donors (Lipinski definition) is 1. The largest absolute Gasteiger partial charge is 0.469 e. The number of hydrogen-bond acceptors (Lipinski definition) is 5. The molecule has 2 aromatic rings. The molecule has 0 aliphatic heterocycles. The quantitative estimate of drug-likeness (QED) is 0.806.